The first-order valence-corrected chi connectivity index (χ1v) is 6.36. The number of methoxy groups -OCH3 is 1. The molecule has 2 aromatic rings. The van der Waals surface area contributed by atoms with Crippen LogP contribution in [0.3, 0.4) is 0 Å². The van der Waals surface area contributed by atoms with Crippen LogP contribution in [0.2, 0.25) is 0 Å². The number of ether oxygens (including phenoxy) is 1. The zero-order chi connectivity index (χ0) is 13.8. The number of aliphatic carboxylic acids is 1. The number of nitrogens with one attached hydrogen (secondary N) is 1. The second-order valence-corrected chi connectivity index (χ2v) is 4.83. The van der Waals surface area contributed by atoms with Gasteiger partial charge in [-0.1, -0.05) is 11.3 Å². The number of benzene rings is 1. The van der Waals surface area contributed by atoms with Gasteiger partial charge in [-0.2, -0.15) is 0 Å². The minimum absolute atomic E-state index is 0.0609. The Hall–Kier alpha value is -2.15. The lowest BCUT2D eigenvalue weighted by Crippen LogP contribution is -2.12. The Kier molecular flexibility index (Phi) is 3.96. The van der Waals surface area contributed by atoms with Crippen LogP contribution in [0.1, 0.15) is 12.8 Å². The molecule has 0 aliphatic heterocycles. The largest absolute Gasteiger partial charge is 0.497 e. The zero-order valence-electron chi connectivity index (χ0n) is 10.2. The smallest absolute Gasteiger partial charge is 0.303 e. The molecule has 1 heterocycles. The second-order valence-electron chi connectivity index (χ2n) is 3.79. The molecule has 0 fully saturated rings. The van der Waals surface area contributed by atoms with E-state index in [0.29, 0.717) is 5.13 Å². The van der Waals surface area contributed by atoms with Crippen molar-refractivity contribution in [2.75, 3.05) is 12.4 Å². The van der Waals surface area contributed by atoms with Crippen molar-refractivity contribution in [3.05, 3.63) is 18.2 Å². The molecule has 6 nitrogen and oxygen atoms in total. The molecule has 1 aromatic carbocycles. The highest BCUT2D eigenvalue weighted by atomic mass is 32.1. The summed E-state index contributed by atoms with van der Waals surface area (Å²) in [5, 5.41) is 11.5. The number of hydrogen-bond donors (Lipinski definition) is 2. The topological polar surface area (TPSA) is 88.5 Å². The third-order valence-electron chi connectivity index (χ3n) is 2.41. The Bertz CT molecular complexity index is 623. The van der Waals surface area contributed by atoms with E-state index >= 15 is 0 Å². The van der Waals surface area contributed by atoms with Crippen LogP contribution < -0.4 is 10.1 Å². The third kappa shape index (κ3) is 3.41. The molecule has 7 heteroatoms. The number of anilines is 1. The standard InChI is InChI=1S/C12H12N2O4S/c1-18-7-2-3-8-9(6-7)19-12(13-8)14-10(15)4-5-11(16)17/h2-3,6H,4-5H2,1H3,(H,16,17)(H,13,14,15). The van der Waals surface area contributed by atoms with Crippen LogP contribution in [-0.2, 0) is 9.59 Å². The monoisotopic (exact) mass is 280 g/mol. The van der Waals surface area contributed by atoms with Gasteiger partial charge in [0.05, 0.1) is 23.7 Å². The van der Waals surface area contributed by atoms with Crippen LogP contribution in [0.25, 0.3) is 10.2 Å². The lowest BCUT2D eigenvalue weighted by atomic mass is 10.3. The molecular formula is C12H12N2O4S. The first-order valence-electron chi connectivity index (χ1n) is 5.54. The van der Waals surface area contributed by atoms with Gasteiger partial charge in [0.25, 0.3) is 0 Å². The SMILES string of the molecule is COc1ccc2nc(NC(=O)CCC(=O)O)sc2c1. The zero-order valence-corrected chi connectivity index (χ0v) is 11.0. The first kappa shape index (κ1) is 13.3. The van der Waals surface area contributed by atoms with Gasteiger partial charge in [-0.3, -0.25) is 9.59 Å². The molecule has 0 spiro atoms. The fraction of sp³-hybridized carbons (Fsp3) is 0.250. The highest BCUT2D eigenvalue weighted by molar-refractivity contribution is 7.22. The van der Waals surface area contributed by atoms with Gasteiger partial charge in [-0.05, 0) is 18.2 Å². The fourth-order valence-electron chi connectivity index (χ4n) is 1.49. The number of rotatable bonds is 5. The molecule has 1 aromatic heterocycles. The highest BCUT2D eigenvalue weighted by Gasteiger charge is 2.10. The van der Waals surface area contributed by atoms with Crippen molar-refractivity contribution in [1.29, 1.82) is 0 Å². The number of fused-ring (bicyclic) bond motifs is 1. The van der Waals surface area contributed by atoms with Crippen LogP contribution >= 0.6 is 11.3 Å². The number of thiazole rings is 1. The van der Waals surface area contributed by atoms with Gasteiger partial charge in [-0.15, -0.1) is 0 Å². The lowest BCUT2D eigenvalue weighted by molar-refractivity contribution is -0.138. The predicted molar refractivity (Wildman–Crippen MR) is 71.7 cm³/mol. The minimum Gasteiger partial charge on any atom is -0.497 e. The van der Waals surface area contributed by atoms with E-state index in [4.69, 9.17) is 9.84 Å². The van der Waals surface area contributed by atoms with Crippen molar-refractivity contribution in [3.8, 4) is 5.75 Å². The maximum Gasteiger partial charge on any atom is 0.303 e. The highest BCUT2D eigenvalue weighted by Crippen LogP contribution is 2.29. The fourth-order valence-corrected chi connectivity index (χ4v) is 2.40. The van der Waals surface area contributed by atoms with Crippen LogP contribution in [-0.4, -0.2) is 29.1 Å². The van der Waals surface area contributed by atoms with Crippen molar-refractivity contribution in [2.24, 2.45) is 0 Å². The van der Waals surface area contributed by atoms with E-state index in [-0.39, 0.29) is 18.7 Å². The minimum atomic E-state index is -0.996. The van der Waals surface area contributed by atoms with Crippen molar-refractivity contribution in [2.45, 2.75) is 12.8 Å². The van der Waals surface area contributed by atoms with Crippen LogP contribution in [0, 0.1) is 0 Å². The van der Waals surface area contributed by atoms with E-state index in [1.54, 1.807) is 19.2 Å². The first-order chi connectivity index (χ1) is 9.08. The third-order valence-corrected chi connectivity index (χ3v) is 3.34. The van der Waals surface area contributed by atoms with E-state index in [1.807, 2.05) is 6.07 Å². The maximum atomic E-state index is 11.5. The van der Waals surface area contributed by atoms with Gasteiger partial charge in [0.2, 0.25) is 5.91 Å². The van der Waals surface area contributed by atoms with Crippen LogP contribution in [0.4, 0.5) is 5.13 Å². The van der Waals surface area contributed by atoms with E-state index in [2.05, 4.69) is 10.3 Å². The molecule has 2 rings (SSSR count). The number of amides is 1. The molecule has 0 aliphatic rings. The predicted octanol–water partition coefficient (Wildman–Crippen LogP) is 2.11. The second kappa shape index (κ2) is 5.66. The number of carbonyl (C=O) groups is 2. The van der Waals surface area contributed by atoms with Crippen LogP contribution in [0.5, 0.6) is 5.75 Å². The van der Waals surface area contributed by atoms with Crippen molar-refractivity contribution in [1.82, 2.24) is 4.98 Å². The summed E-state index contributed by atoms with van der Waals surface area (Å²) in [4.78, 5) is 26.1. The summed E-state index contributed by atoms with van der Waals surface area (Å²) in [7, 11) is 1.58. The molecule has 0 unspecified atom stereocenters. The molecule has 1 amide bonds. The average molecular weight is 280 g/mol. The number of aromatic nitrogens is 1. The molecule has 0 aliphatic carbocycles. The Labute approximate surface area is 113 Å². The molecule has 19 heavy (non-hydrogen) atoms. The van der Waals surface area contributed by atoms with E-state index < -0.39 is 5.97 Å². The van der Waals surface area contributed by atoms with Crippen molar-refractivity contribution < 1.29 is 19.4 Å². The molecule has 0 bridgehead atoms. The Morgan fingerprint density at radius 1 is 1.42 bits per heavy atom. The summed E-state index contributed by atoms with van der Waals surface area (Å²) in [6.07, 6.45) is -0.251. The molecule has 0 radical (unpaired) electrons. The summed E-state index contributed by atoms with van der Waals surface area (Å²) in [6.45, 7) is 0. The normalized spacial score (nSPS) is 10.4. The van der Waals surface area contributed by atoms with E-state index in [9.17, 15) is 9.59 Å². The number of hydrogen-bond acceptors (Lipinski definition) is 5. The van der Waals surface area contributed by atoms with Gasteiger partial charge in [0.15, 0.2) is 5.13 Å². The Balaban J connectivity index is 2.08. The molecule has 100 valence electrons. The number of carboxylic acid groups (broad SMARTS) is 1. The molecule has 2 N–H and O–H groups in total. The molecule has 0 saturated heterocycles. The summed E-state index contributed by atoms with van der Waals surface area (Å²) >= 11 is 1.32. The van der Waals surface area contributed by atoms with Gasteiger partial charge >= 0.3 is 5.97 Å². The Morgan fingerprint density at radius 3 is 2.89 bits per heavy atom. The van der Waals surface area contributed by atoms with Gasteiger partial charge in [0.1, 0.15) is 5.75 Å². The number of carbonyl (C=O) groups excluding carboxylic acids is 1. The van der Waals surface area contributed by atoms with Gasteiger partial charge < -0.3 is 15.2 Å². The summed E-state index contributed by atoms with van der Waals surface area (Å²) < 4.78 is 6.00. The Morgan fingerprint density at radius 2 is 2.21 bits per heavy atom. The average Bonchev–Trinajstić information content (AvgIpc) is 2.77. The maximum absolute atomic E-state index is 11.5. The lowest BCUT2D eigenvalue weighted by Gasteiger charge is -1.98. The van der Waals surface area contributed by atoms with E-state index in [0.717, 1.165) is 16.0 Å². The molecular weight excluding hydrogens is 268 g/mol. The summed E-state index contributed by atoms with van der Waals surface area (Å²) in [6, 6.07) is 5.43. The molecule has 0 saturated carbocycles. The number of carboxylic acids is 1. The molecule has 0 atom stereocenters. The summed E-state index contributed by atoms with van der Waals surface area (Å²) in [5.41, 5.74) is 0.763. The van der Waals surface area contributed by atoms with Crippen molar-refractivity contribution >= 4 is 38.6 Å². The quantitative estimate of drug-likeness (QED) is 0.875. The summed E-state index contributed by atoms with van der Waals surface area (Å²) in [5.74, 6) is -0.627. The van der Waals surface area contributed by atoms with Crippen molar-refractivity contribution in [3.63, 3.8) is 0 Å². The number of nitrogens with zero attached hydrogens (tertiary/aromatic N) is 1. The van der Waals surface area contributed by atoms with Gasteiger partial charge in [0, 0.05) is 6.42 Å². The van der Waals surface area contributed by atoms with E-state index in [1.165, 1.54) is 11.3 Å². The van der Waals surface area contributed by atoms with Crippen LogP contribution in [0.15, 0.2) is 18.2 Å². The van der Waals surface area contributed by atoms with Gasteiger partial charge in [-0.25, -0.2) is 4.98 Å².